The summed E-state index contributed by atoms with van der Waals surface area (Å²) in [4.78, 5) is 27.0. The second-order valence-electron chi connectivity index (χ2n) is 6.78. The fraction of sp³-hybridized carbons (Fsp3) is 0.273. The van der Waals surface area contributed by atoms with E-state index >= 15 is 0 Å². The second kappa shape index (κ2) is 8.57. The van der Waals surface area contributed by atoms with E-state index in [1.165, 1.54) is 18.1 Å². The van der Waals surface area contributed by atoms with Crippen LogP contribution in [-0.4, -0.2) is 40.5 Å². The third kappa shape index (κ3) is 3.93. The number of unbranched alkanes of at least 4 members (excludes halogenated alkanes) is 1. The molecule has 1 heterocycles. The molecule has 2 aromatic carbocycles. The van der Waals surface area contributed by atoms with Crippen molar-refractivity contribution < 1.29 is 24.5 Å². The molecule has 1 aliphatic heterocycles. The Morgan fingerprint density at radius 3 is 2.45 bits per heavy atom. The molecule has 0 spiro atoms. The van der Waals surface area contributed by atoms with Gasteiger partial charge in [-0.2, -0.15) is 0 Å². The van der Waals surface area contributed by atoms with Crippen molar-refractivity contribution in [1.29, 1.82) is 0 Å². The molecule has 1 amide bonds. The van der Waals surface area contributed by atoms with Gasteiger partial charge in [0.15, 0.2) is 11.5 Å². The van der Waals surface area contributed by atoms with Gasteiger partial charge in [0.25, 0.3) is 11.7 Å². The van der Waals surface area contributed by atoms with Crippen molar-refractivity contribution in [3.63, 3.8) is 0 Å². The first-order chi connectivity index (χ1) is 13.9. The van der Waals surface area contributed by atoms with Crippen LogP contribution in [0, 0.1) is 0 Å². The lowest BCUT2D eigenvalue weighted by atomic mass is 9.95. The standard InChI is InChI=1S/C22H22ClNO5/c1-3-4-11-24-19(14-7-10-17(29-2)16(25)12-14)18(21(27)22(24)28)20(26)13-5-8-15(23)9-6-13/h5-10,12,19,25-26H,3-4,11H2,1-2H3/b20-18-. The molecule has 7 heteroatoms. The van der Waals surface area contributed by atoms with Gasteiger partial charge in [-0.15, -0.1) is 0 Å². The molecule has 1 aliphatic rings. The van der Waals surface area contributed by atoms with Crippen LogP contribution in [0.2, 0.25) is 5.02 Å². The molecule has 0 bridgehead atoms. The number of aliphatic hydroxyl groups is 1. The average Bonchev–Trinajstić information content (AvgIpc) is 2.96. The van der Waals surface area contributed by atoms with Crippen LogP contribution in [0.15, 0.2) is 48.0 Å². The van der Waals surface area contributed by atoms with Gasteiger partial charge in [0.1, 0.15) is 5.76 Å². The molecule has 3 rings (SSSR count). The largest absolute Gasteiger partial charge is 0.507 e. The minimum atomic E-state index is -0.811. The van der Waals surface area contributed by atoms with E-state index in [-0.39, 0.29) is 22.8 Å². The zero-order chi connectivity index (χ0) is 21.1. The monoisotopic (exact) mass is 415 g/mol. The van der Waals surface area contributed by atoms with Crippen LogP contribution < -0.4 is 4.74 Å². The van der Waals surface area contributed by atoms with E-state index in [0.717, 1.165) is 6.42 Å². The average molecular weight is 416 g/mol. The number of aromatic hydroxyl groups is 1. The van der Waals surface area contributed by atoms with Gasteiger partial charge < -0.3 is 19.8 Å². The third-order valence-corrected chi connectivity index (χ3v) is 5.18. The Kier molecular flexibility index (Phi) is 6.13. The van der Waals surface area contributed by atoms with Gasteiger partial charge in [-0.05, 0) is 48.4 Å². The molecule has 0 aromatic heterocycles. The summed E-state index contributed by atoms with van der Waals surface area (Å²) in [5, 5.41) is 21.6. The maximum absolute atomic E-state index is 12.8. The smallest absolute Gasteiger partial charge is 0.295 e. The summed E-state index contributed by atoms with van der Waals surface area (Å²) in [5.41, 5.74) is 0.873. The van der Waals surface area contributed by atoms with Crippen LogP contribution in [0.3, 0.4) is 0 Å². The lowest BCUT2D eigenvalue weighted by Gasteiger charge is -2.25. The molecule has 1 atom stereocenters. The van der Waals surface area contributed by atoms with Gasteiger partial charge in [-0.3, -0.25) is 9.59 Å². The number of Topliss-reactive ketones (excluding diaryl/α,β-unsaturated/α-hetero) is 1. The van der Waals surface area contributed by atoms with E-state index in [1.807, 2.05) is 6.92 Å². The highest BCUT2D eigenvalue weighted by molar-refractivity contribution is 6.46. The van der Waals surface area contributed by atoms with Crippen molar-refractivity contribution in [2.24, 2.45) is 0 Å². The number of carbonyl (C=O) groups excluding carboxylic acids is 2. The number of ketones is 1. The highest BCUT2D eigenvalue weighted by atomic mass is 35.5. The fourth-order valence-electron chi connectivity index (χ4n) is 3.43. The molecule has 1 fully saturated rings. The summed E-state index contributed by atoms with van der Waals surface area (Å²) in [6.07, 6.45) is 1.54. The minimum Gasteiger partial charge on any atom is -0.507 e. The van der Waals surface area contributed by atoms with Gasteiger partial charge in [0, 0.05) is 17.1 Å². The van der Waals surface area contributed by atoms with E-state index in [9.17, 15) is 19.8 Å². The van der Waals surface area contributed by atoms with Gasteiger partial charge in [0.05, 0.1) is 18.7 Å². The van der Waals surface area contributed by atoms with Gasteiger partial charge >= 0.3 is 0 Å². The number of amides is 1. The maximum atomic E-state index is 12.8. The first kappa shape index (κ1) is 20.7. The predicted octanol–water partition coefficient (Wildman–Crippen LogP) is 4.28. The van der Waals surface area contributed by atoms with Crippen molar-refractivity contribution in [2.45, 2.75) is 25.8 Å². The van der Waals surface area contributed by atoms with Crippen LogP contribution >= 0.6 is 11.6 Å². The molecule has 1 unspecified atom stereocenters. The van der Waals surface area contributed by atoms with Crippen LogP contribution in [0.1, 0.15) is 36.9 Å². The Hall–Kier alpha value is -2.99. The lowest BCUT2D eigenvalue weighted by molar-refractivity contribution is -0.139. The highest BCUT2D eigenvalue weighted by Crippen LogP contribution is 2.41. The second-order valence-corrected chi connectivity index (χ2v) is 7.22. The van der Waals surface area contributed by atoms with Crippen molar-refractivity contribution in [3.8, 4) is 11.5 Å². The molecule has 2 aromatic rings. The van der Waals surface area contributed by atoms with E-state index in [2.05, 4.69) is 0 Å². The zero-order valence-electron chi connectivity index (χ0n) is 16.2. The zero-order valence-corrected chi connectivity index (χ0v) is 16.9. The Morgan fingerprint density at radius 1 is 1.17 bits per heavy atom. The number of carbonyl (C=O) groups is 2. The molecule has 2 N–H and O–H groups in total. The first-order valence-corrected chi connectivity index (χ1v) is 9.68. The topological polar surface area (TPSA) is 87.1 Å². The molecule has 0 aliphatic carbocycles. The molecular formula is C22H22ClNO5. The third-order valence-electron chi connectivity index (χ3n) is 4.93. The molecule has 29 heavy (non-hydrogen) atoms. The van der Waals surface area contributed by atoms with Crippen molar-refractivity contribution >= 4 is 29.1 Å². The van der Waals surface area contributed by atoms with E-state index in [0.29, 0.717) is 29.1 Å². The molecular weight excluding hydrogens is 394 g/mol. The first-order valence-electron chi connectivity index (χ1n) is 9.30. The number of phenols is 1. The number of likely N-dealkylation sites (tertiary alicyclic amines) is 1. The number of hydrogen-bond acceptors (Lipinski definition) is 5. The van der Waals surface area contributed by atoms with Crippen LogP contribution in [0.25, 0.3) is 5.76 Å². The fourth-order valence-corrected chi connectivity index (χ4v) is 3.55. The Balaban J connectivity index is 2.17. The summed E-state index contributed by atoms with van der Waals surface area (Å²) < 4.78 is 5.08. The van der Waals surface area contributed by atoms with Gasteiger partial charge in [-0.25, -0.2) is 0 Å². The summed E-state index contributed by atoms with van der Waals surface area (Å²) in [6, 6.07) is 10.2. The molecule has 0 radical (unpaired) electrons. The number of ether oxygens (including phenoxy) is 1. The summed E-state index contributed by atoms with van der Waals surface area (Å²) in [5.74, 6) is -1.54. The van der Waals surface area contributed by atoms with Crippen molar-refractivity contribution in [2.75, 3.05) is 13.7 Å². The lowest BCUT2D eigenvalue weighted by Crippen LogP contribution is -2.30. The molecule has 1 saturated heterocycles. The Morgan fingerprint density at radius 2 is 1.86 bits per heavy atom. The number of methoxy groups -OCH3 is 1. The predicted molar refractivity (Wildman–Crippen MR) is 110 cm³/mol. The molecule has 152 valence electrons. The number of hydrogen-bond donors (Lipinski definition) is 2. The summed E-state index contributed by atoms with van der Waals surface area (Å²) in [6.45, 7) is 2.34. The quantitative estimate of drug-likeness (QED) is 0.418. The number of benzene rings is 2. The molecule has 0 saturated carbocycles. The minimum absolute atomic E-state index is 0.0157. The number of rotatable bonds is 6. The maximum Gasteiger partial charge on any atom is 0.295 e. The van der Waals surface area contributed by atoms with Crippen LogP contribution in [0.5, 0.6) is 11.5 Å². The Labute approximate surface area is 174 Å². The number of phenolic OH excluding ortho intramolecular Hbond substituents is 1. The van der Waals surface area contributed by atoms with Crippen molar-refractivity contribution in [1.82, 2.24) is 4.90 Å². The SMILES string of the molecule is CCCCN1C(=O)C(=O)/C(=C(\O)c2ccc(Cl)cc2)C1c1ccc(OC)c(O)c1. The van der Waals surface area contributed by atoms with Crippen LogP contribution in [0.4, 0.5) is 0 Å². The van der Waals surface area contributed by atoms with Gasteiger partial charge in [0.2, 0.25) is 0 Å². The van der Waals surface area contributed by atoms with Crippen molar-refractivity contribution in [3.05, 3.63) is 64.2 Å². The normalized spacial score (nSPS) is 18.3. The number of nitrogens with zero attached hydrogens (tertiary/aromatic N) is 1. The van der Waals surface area contributed by atoms with Gasteiger partial charge in [-0.1, -0.05) is 31.0 Å². The van der Waals surface area contributed by atoms with Crippen LogP contribution in [-0.2, 0) is 9.59 Å². The Bertz CT molecular complexity index is 968. The molecule has 6 nitrogen and oxygen atoms in total. The van der Waals surface area contributed by atoms with E-state index in [4.69, 9.17) is 16.3 Å². The summed E-state index contributed by atoms with van der Waals surface area (Å²) in [7, 11) is 1.43. The highest BCUT2D eigenvalue weighted by Gasteiger charge is 2.45. The van der Waals surface area contributed by atoms with E-state index in [1.54, 1.807) is 36.4 Å². The summed E-state index contributed by atoms with van der Waals surface area (Å²) >= 11 is 5.91. The van der Waals surface area contributed by atoms with E-state index < -0.39 is 17.7 Å². The number of halogens is 1. The number of aliphatic hydroxyl groups excluding tert-OH is 1.